The predicted octanol–water partition coefficient (Wildman–Crippen LogP) is 15.7. The first kappa shape index (κ1) is 58.1. The monoisotopic (exact) mass is 844 g/mol. The topological polar surface area (TPSA) is 95.9 Å². The Morgan fingerprint density at radius 2 is 0.883 bits per heavy atom. The third-order valence-corrected chi connectivity index (χ3v) is 12.0. The third-order valence-electron chi connectivity index (χ3n) is 12.0. The molecular formula is C54H101NO5. The molecule has 6 heteroatoms. The summed E-state index contributed by atoms with van der Waals surface area (Å²) in [5.41, 5.74) is 0. The van der Waals surface area contributed by atoms with Crippen LogP contribution >= 0.6 is 0 Å². The second kappa shape index (κ2) is 48.1. The number of carbonyl (C=O) groups is 2. The van der Waals surface area contributed by atoms with Gasteiger partial charge in [-0.3, -0.25) is 9.59 Å². The average Bonchev–Trinajstić information content (AvgIpc) is 3.24. The van der Waals surface area contributed by atoms with Crippen LogP contribution in [0.25, 0.3) is 0 Å². The lowest BCUT2D eigenvalue weighted by Crippen LogP contribution is -2.46. The normalized spacial score (nSPS) is 13.5. The van der Waals surface area contributed by atoms with E-state index in [2.05, 4.69) is 62.5 Å². The van der Waals surface area contributed by atoms with Gasteiger partial charge in [0.25, 0.3) is 0 Å². The summed E-state index contributed by atoms with van der Waals surface area (Å²) >= 11 is 0. The Bertz CT molecular complexity index is 993. The van der Waals surface area contributed by atoms with Crippen LogP contribution in [0.3, 0.4) is 0 Å². The highest BCUT2D eigenvalue weighted by molar-refractivity contribution is 5.77. The van der Waals surface area contributed by atoms with E-state index in [1.54, 1.807) is 0 Å². The van der Waals surface area contributed by atoms with E-state index < -0.39 is 18.2 Å². The van der Waals surface area contributed by atoms with Crippen molar-refractivity contribution in [2.45, 2.75) is 289 Å². The van der Waals surface area contributed by atoms with Crippen LogP contribution < -0.4 is 5.32 Å². The molecule has 0 saturated heterocycles. The van der Waals surface area contributed by atoms with Crippen molar-refractivity contribution < 1.29 is 24.5 Å². The molecule has 60 heavy (non-hydrogen) atoms. The van der Waals surface area contributed by atoms with Gasteiger partial charge in [0.05, 0.1) is 25.2 Å². The highest BCUT2D eigenvalue weighted by Crippen LogP contribution is 2.18. The average molecular weight is 844 g/mol. The van der Waals surface area contributed by atoms with E-state index in [1.807, 2.05) is 0 Å². The summed E-state index contributed by atoms with van der Waals surface area (Å²) in [6.45, 7) is 6.42. The summed E-state index contributed by atoms with van der Waals surface area (Å²) in [6.07, 6.45) is 56.4. The molecule has 352 valence electrons. The lowest BCUT2D eigenvalue weighted by Gasteiger charge is -2.24. The van der Waals surface area contributed by atoms with E-state index in [1.165, 1.54) is 141 Å². The molecule has 0 rings (SSSR count). The summed E-state index contributed by atoms with van der Waals surface area (Å²) in [4.78, 5) is 26.1. The van der Waals surface area contributed by atoms with Crippen LogP contribution in [-0.2, 0) is 14.3 Å². The van der Waals surface area contributed by atoms with Crippen molar-refractivity contribution in [2.24, 2.45) is 0 Å². The van der Waals surface area contributed by atoms with Gasteiger partial charge < -0.3 is 20.3 Å². The highest BCUT2D eigenvalue weighted by Gasteiger charge is 2.24. The maximum Gasteiger partial charge on any atom is 0.306 e. The molecule has 0 aromatic carbocycles. The number of esters is 1. The number of aliphatic hydroxyl groups excluding tert-OH is 2. The summed E-state index contributed by atoms with van der Waals surface area (Å²) < 4.78 is 5.91. The minimum atomic E-state index is -0.794. The number of aliphatic hydroxyl groups is 2. The first-order valence-electron chi connectivity index (χ1n) is 26.2. The summed E-state index contributed by atoms with van der Waals surface area (Å²) in [6, 6.07) is -0.709. The molecule has 3 unspecified atom stereocenters. The highest BCUT2D eigenvalue weighted by atomic mass is 16.5. The molecule has 3 atom stereocenters. The Labute approximate surface area is 373 Å². The van der Waals surface area contributed by atoms with Crippen molar-refractivity contribution in [3.8, 4) is 0 Å². The Morgan fingerprint density at radius 1 is 0.483 bits per heavy atom. The van der Waals surface area contributed by atoms with Crippen LogP contribution in [0.5, 0.6) is 0 Å². The molecule has 0 aromatic rings. The lowest BCUT2D eigenvalue weighted by molar-refractivity contribution is -0.151. The quantitative estimate of drug-likeness (QED) is 0.0245. The van der Waals surface area contributed by atoms with Crippen LogP contribution in [0.15, 0.2) is 36.5 Å². The lowest BCUT2D eigenvalue weighted by atomic mass is 10.0. The van der Waals surface area contributed by atoms with Crippen molar-refractivity contribution in [1.29, 1.82) is 0 Å². The van der Waals surface area contributed by atoms with Crippen LogP contribution in [0, 0.1) is 0 Å². The number of ether oxygens (including phenoxy) is 1. The van der Waals surface area contributed by atoms with E-state index in [-0.39, 0.29) is 24.9 Å². The maximum atomic E-state index is 13.2. The fraction of sp³-hybridized carbons (Fsp3) is 0.852. The van der Waals surface area contributed by atoms with Gasteiger partial charge in [-0.25, -0.2) is 0 Å². The summed E-state index contributed by atoms with van der Waals surface area (Å²) in [5, 5.41) is 23.8. The molecular weight excluding hydrogens is 743 g/mol. The van der Waals surface area contributed by atoms with Gasteiger partial charge in [0.2, 0.25) is 5.91 Å². The Morgan fingerprint density at radius 3 is 1.37 bits per heavy atom. The number of carbonyl (C=O) groups excluding carboxylic acids is 2. The third kappa shape index (κ3) is 42.8. The van der Waals surface area contributed by atoms with Crippen molar-refractivity contribution in [1.82, 2.24) is 5.32 Å². The first-order valence-corrected chi connectivity index (χ1v) is 26.2. The van der Waals surface area contributed by atoms with Crippen molar-refractivity contribution in [3.63, 3.8) is 0 Å². The van der Waals surface area contributed by atoms with E-state index in [0.29, 0.717) is 19.3 Å². The molecule has 0 fully saturated rings. The van der Waals surface area contributed by atoms with Crippen LogP contribution in [0.2, 0.25) is 0 Å². The molecule has 0 aliphatic carbocycles. The molecule has 0 aliphatic heterocycles. The fourth-order valence-corrected chi connectivity index (χ4v) is 7.95. The van der Waals surface area contributed by atoms with Crippen molar-refractivity contribution in [3.05, 3.63) is 36.5 Å². The van der Waals surface area contributed by atoms with E-state index >= 15 is 0 Å². The van der Waals surface area contributed by atoms with Crippen LogP contribution in [0.4, 0.5) is 0 Å². The van der Waals surface area contributed by atoms with Crippen molar-refractivity contribution >= 4 is 11.9 Å². The van der Waals surface area contributed by atoms with Gasteiger partial charge in [-0.1, -0.05) is 224 Å². The smallest absolute Gasteiger partial charge is 0.306 e. The van der Waals surface area contributed by atoms with E-state index in [4.69, 9.17) is 4.74 Å². The second-order valence-electron chi connectivity index (χ2n) is 17.9. The molecule has 3 N–H and O–H groups in total. The molecule has 0 aromatic heterocycles. The number of allylic oxidation sites excluding steroid dienone is 6. The van der Waals surface area contributed by atoms with Gasteiger partial charge in [0.1, 0.15) is 6.10 Å². The number of nitrogens with one attached hydrogen (secondary N) is 1. The summed E-state index contributed by atoms with van der Waals surface area (Å²) in [5.74, 6) is -0.505. The second-order valence-corrected chi connectivity index (χ2v) is 17.9. The van der Waals surface area contributed by atoms with Gasteiger partial charge in [-0.2, -0.15) is 0 Å². The van der Waals surface area contributed by atoms with Crippen LogP contribution in [0.1, 0.15) is 271 Å². The predicted molar refractivity (Wildman–Crippen MR) is 259 cm³/mol. The van der Waals surface area contributed by atoms with Gasteiger partial charge in [-0.05, 0) is 70.6 Å². The SMILES string of the molecule is CCC/C=C\CCCCCCCC(=O)OC(CCCCC/C=C/C=C/CCCCCCCCC)CC(=O)NC(CO)C(O)CCCCCCCCCCCCCCCCC. The maximum absolute atomic E-state index is 13.2. The molecule has 0 aliphatic rings. The fourth-order valence-electron chi connectivity index (χ4n) is 7.95. The zero-order valence-electron chi connectivity index (χ0n) is 40.1. The molecule has 6 nitrogen and oxygen atoms in total. The minimum absolute atomic E-state index is 0.0584. The zero-order valence-corrected chi connectivity index (χ0v) is 40.1. The van der Waals surface area contributed by atoms with Crippen LogP contribution in [-0.4, -0.2) is 46.9 Å². The molecule has 0 heterocycles. The Hall–Kier alpha value is -1.92. The Balaban J connectivity index is 4.57. The molecule has 0 bridgehead atoms. The number of amides is 1. The number of hydrogen-bond donors (Lipinski definition) is 3. The number of hydrogen-bond acceptors (Lipinski definition) is 5. The van der Waals surface area contributed by atoms with Gasteiger partial charge in [0, 0.05) is 6.42 Å². The van der Waals surface area contributed by atoms with E-state index in [0.717, 1.165) is 83.5 Å². The van der Waals surface area contributed by atoms with Gasteiger partial charge in [0.15, 0.2) is 0 Å². The largest absolute Gasteiger partial charge is 0.462 e. The Kier molecular flexibility index (Phi) is 46.6. The zero-order chi connectivity index (χ0) is 43.8. The van der Waals surface area contributed by atoms with E-state index in [9.17, 15) is 19.8 Å². The molecule has 0 saturated carbocycles. The van der Waals surface area contributed by atoms with Gasteiger partial charge >= 0.3 is 5.97 Å². The summed E-state index contributed by atoms with van der Waals surface area (Å²) in [7, 11) is 0. The number of rotatable bonds is 47. The number of unbranched alkanes of at least 4 members (excludes halogenated alkanes) is 30. The standard InChI is InChI=1S/C54H101NO5/c1-4-7-10-13-16-19-22-24-26-28-29-31-33-36-39-42-45-50(60-54(59)47-44-41-38-35-21-18-15-12-9-6-3)48-53(58)55-51(49-56)52(57)46-43-40-37-34-32-30-27-25-23-20-17-14-11-8-5-2/h12,15,26,28-29,31,50-52,56-57H,4-11,13-14,16-25,27,30,32-49H2,1-3H3,(H,55,58)/b15-12-,28-26+,31-29+. The molecule has 0 spiro atoms. The molecule has 0 radical (unpaired) electrons. The van der Waals surface area contributed by atoms with Crippen molar-refractivity contribution in [2.75, 3.05) is 6.61 Å². The van der Waals surface area contributed by atoms with Gasteiger partial charge in [-0.15, -0.1) is 0 Å². The minimum Gasteiger partial charge on any atom is -0.462 e. The first-order chi connectivity index (χ1) is 29.5. The molecule has 1 amide bonds.